The zero-order valence-electron chi connectivity index (χ0n) is 7.26. The van der Waals surface area contributed by atoms with E-state index in [1.165, 1.54) is 18.4 Å². The third kappa shape index (κ3) is 2.07. The van der Waals surface area contributed by atoms with E-state index >= 15 is 0 Å². The van der Waals surface area contributed by atoms with Crippen molar-refractivity contribution in [2.75, 3.05) is 7.05 Å². The molecule has 0 aliphatic carbocycles. The van der Waals surface area contributed by atoms with Crippen molar-refractivity contribution in [3.63, 3.8) is 0 Å². The summed E-state index contributed by atoms with van der Waals surface area (Å²) in [6, 6.07) is 0. The molecule has 0 saturated carbocycles. The van der Waals surface area contributed by atoms with E-state index in [4.69, 9.17) is 0 Å². The third-order valence-electron chi connectivity index (χ3n) is 2.00. The number of amides is 1. The fourth-order valence-corrected chi connectivity index (χ4v) is 1.27. The van der Waals surface area contributed by atoms with E-state index in [-0.39, 0.29) is 5.91 Å². The standard InChI is InChI=1S/C9H15NO/c1-3-4-5-8-6-9(11)10(2)7-8/h7H,3-6H2,1-2H3. The van der Waals surface area contributed by atoms with Crippen molar-refractivity contribution >= 4 is 5.91 Å². The Kier molecular flexibility index (Phi) is 2.69. The van der Waals surface area contributed by atoms with Crippen LogP contribution in [0.1, 0.15) is 32.6 Å². The fraction of sp³-hybridized carbons (Fsp3) is 0.667. The molecule has 0 spiro atoms. The molecule has 0 atom stereocenters. The highest BCUT2D eigenvalue weighted by molar-refractivity contribution is 5.82. The molecule has 1 heterocycles. The molecule has 1 aliphatic rings. The second kappa shape index (κ2) is 3.56. The van der Waals surface area contributed by atoms with Crippen LogP contribution in [0.25, 0.3) is 0 Å². The van der Waals surface area contributed by atoms with Gasteiger partial charge in [-0.3, -0.25) is 4.79 Å². The Bertz CT molecular complexity index is 184. The van der Waals surface area contributed by atoms with Crippen LogP contribution in [0.15, 0.2) is 11.8 Å². The predicted molar refractivity (Wildman–Crippen MR) is 45.0 cm³/mol. The first-order valence-corrected chi connectivity index (χ1v) is 4.19. The Morgan fingerprint density at radius 3 is 2.82 bits per heavy atom. The average Bonchev–Trinajstić information content (AvgIpc) is 2.28. The van der Waals surface area contributed by atoms with E-state index in [1.807, 2.05) is 13.2 Å². The summed E-state index contributed by atoms with van der Waals surface area (Å²) in [7, 11) is 1.82. The molecule has 1 rings (SSSR count). The van der Waals surface area contributed by atoms with E-state index in [9.17, 15) is 4.79 Å². The van der Waals surface area contributed by atoms with Gasteiger partial charge in [0.25, 0.3) is 0 Å². The van der Waals surface area contributed by atoms with E-state index in [0.717, 1.165) is 6.42 Å². The van der Waals surface area contributed by atoms with Crippen LogP contribution in [0, 0.1) is 0 Å². The lowest BCUT2D eigenvalue weighted by atomic mass is 10.1. The molecular formula is C9H15NO. The average molecular weight is 153 g/mol. The van der Waals surface area contributed by atoms with Crippen LogP contribution in [-0.2, 0) is 4.79 Å². The number of carbonyl (C=O) groups is 1. The van der Waals surface area contributed by atoms with Gasteiger partial charge in [0, 0.05) is 19.7 Å². The molecule has 0 fully saturated rings. The van der Waals surface area contributed by atoms with Gasteiger partial charge in [0.05, 0.1) is 0 Å². The van der Waals surface area contributed by atoms with Crippen LogP contribution in [-0.4, -0.2) is 17.9 Å². The van der Waals surface area contributed by atoms with Gasteiger partial charge in [-0.2, -0.15) is 0 Å². The number of unbranched alkanes of at least 4 members (excludes halogenated alkanes) is 1. The minimum Gasteiger partial charge on any atom is -0.322 e. The highest BCUT2D eigenvalue weighted by atomic mass is 16.2. The first kappa shape index (κ1) is 8.31. The zero-order chi connectivity index (χ0) is 8.27. The van der Waals surface area contributed by atoms with Gasteiger partial charge >= 0.3 is 0 Å². The maximum atomic E-state index is 11.0. The summed E-state index contributed by atoms with van der Waals surface area (Å²) in [6.45, 7) is 2.17. The van der Waals surface area contributed by atoms with Crippen molar-refractivity contribution in [1.82, 2.24) is 4.90 Å². The normalized spacial score (nSPS) is 17.5. The summed E-state index contributed by atoms with van der Waals surface area (Å²) in [5.74, 6) is 0.233. The highest BCUT2D eigenvalue weighted by Gasteiger charge is 2.16. The Labute approximate surface area is 67.9 Å². The molecule has 0 N–H and O–H groups in total. The molecule has 2 heteroatoms. The van der Waals surface area contributed by atoms with Crippen LogP contribution in [0.3, 0.4) is 0 Å². The maximum absolute atomic E-state index is 11.0. The second-order valence-corrected chi connectivity index (χ2v) is 3.07. The van der Waals surface area contributed by atoms with Gasteiger partial charge in [-0.05, 0) is 18.4 Å². The second-order valence-electron chi connectivity index (χ2n) is 3.07. The van der Waals surface area contributed by atoms with Crippen molar-refractivity contribution in [3.8, 4) is 0 Å². The number of hydrogen-bond acceptors (Lipinski definition) is 1. The van der Waals surface area contributed by atoms with Crippen LogP contribution in [0.2, 0.25) is 0 Å². The summed E-state index contributed by atoms with van der Waals surface area (Å²) >= 11 is 0. The van der Waals surface area contributed by atoms with Crippen molar-refractivity contribution in [2.45, 2.75) is 32.6 Å². The molecule has 0 bridgehead atoms. The summed E-state index contributed by atoms with van der Waals surface area (Å²) < 4.78 is 0. The van der Waals surface area contributed by atoms with Crippen molar-refractivity contribution in [3.05, 3.63) is 11.8 Å². The van der Waals surface area contributed by atoms with Crippen LogP contribution in [0.5, 0.6) is 0 Å². The van der Waals surface area contributed by atoms with Gasteiger partial charge in [0.15, 0.2) is 0 Å². The van der Waals surface area contributed by atoms with Gasteiger partial charge in [-0.25, -0.2) is 0 Å². The lowest BCUT2D eigenvalue weighted by Crippen LogP contribution is -2.13. The predicted octanol–water partition coefficient (Wildman–Crippen LogP) is 1.92. The summed E-state index contributed by atoms with van der Waals surface area (Å²) in [6.07, 6.45) is 6.11. The van der Waals surface area contributed by atoms with E-state index in [0.29, 0.717) is 6.42 Å². The largest absolute Gasteiger partial charge is 0.322 e. The van der Waals surface area contributed by atoms with E-state index in [1.54, 1.807) is 4.90 Å². The van der Waals surface area contributed by atoms with Gasteiger partial charge < -0.3 is 4.90 Å². The topological polar surface area (TPSA) is 20.3 Å². The quantitative estimate of drug-likeness (QED) is 0.606. The van der Waals surface area contributed by atoms with Crippen LogP contribution in [0.4, 0.5) is 0 Å². The van der Waals surface area contributed by atoms with Gasteiger partial charge in [-0.15, -0.1) is 0 Å². The molecule has 0 saturated heterocycles. The number of hydrogen-bond donors (Lipinski definition) is 0. The van der Waals surface area contributed by atoms with Crippen molar-refractivity contribution in [2.24, 2.45) is 0 Å². The van der Waals surface area contributed by atoms with Gasteiger partial charge in [-0.1, -0.05) is 13.3 Å². The Hall–Kier alpha value is -0.790. The summed E-state index contributed by atoms with van der Waals surface area (Å²) in [5, 5.41) is 0. The summed E-state index contributed by atoms with van der Waals surface area (Å²) in [4.78, 5) is 12.7. The van der Waals surface area contributed by atoms with E-state index in [2.05, 4.69) is 6.92 Å². The smallest absolute Gasteiger partial charge is 0.230 e. The van der Waals surface area contributed by atoms with Crippen molar-refractivity contribution < 1.29 is 4.79 Å². The van der Waals surface area contributed by atoms with Gasteiger partial charge in [0.1, 0.15) is 0 Å². The Balaban J connectivity index is 2.37. The minimum absolute atomic E-state index is 0.233. The van der Waals surface area contributed by atoms with Crippen LogP contribution < -0.4 is 0 Å². The molecule has 0 unspecified atom stereocenters. The lowest BCUT2D eigenvalue weighted by Gasteiger charge is -2.00. The molecule has 0 radical (unpaired) electrons. The van der Waals surface area contributed by atoms with Gasteiger partial charge in [0.2, 0.25) is 5.91 Å². The number of carbonyl (C=O) groups excluding carboxylic acids is 1. The molecular weight excluding hydrogens is 138 g/mol. The zero-order valence-corrected chi connectivity index (χ0v) is 7.26. The molecule has 1 amide bonds. The molecule has 1 aliphatic heterocycles. The lowest BCUT2D eigenvalue weighted by molar-refractivity contribution is -0.125. The Morgan fingerprint density at radius 1 is 1.64 bits per heavy atom. The SMILES string of the molecule is CCCCC1=CN(C)C(=O)C1. The molecule has 0 aromatic rings. The molecule has 62 valence electrons. The van der Waals surface area contributed by atoms with Crippen molar-refractivity contribution in [1.29, 1.82) is 0 Å². The molecule has 11 heavy (non-hydrogen) atoms. The maximum Gasteiger partial charge on any atom is 0.230 e. The molecule has 0 aromatic heterocycles. The van der Waals surface area contributed by atoms with E-state index < -0.39 is 0 Å². The fourth-order valence-electron chi connectivity index (χ4n) is 1.27. The first-order chi connectivity index (χ1) is 5.24. The number of nitrogens with zero attached hydrogens (tertiary/aromatic N) is 1. The van der Waals surface area contributed by atoms with Crippen LogP contribution >= 0.6 is 0 Å². The first-order valence-electron chi connectivity index (χ1n) is 4.19. The monoisotopic (exact) mass is 153 g/mol. The third-order valence-corrected chi connectivity index (χ3v) is 2.00. The minimum atomic E-state index is 0.233. The highest BCUT2D eigenvalue weighted by Crippen LogP contribution is 2.19. The Morgan fingerprint density at radius 2 is 2.36 bits per heavy atom. The molecule has 0 aromatic carbocycles. The number of rotatable bonds is 3. The molecule has 2 nitrogen and oxygen atoms in total. The summed E-state index contributed by atoms with van der Waals surface area (Å²) in [5.41, 5.74) is 1.29.